The average molecular weight is 459 g/mol. The largest absolute Gasteiger partial charge is 0.497 e. The zero-order valence-corrected chi connectivity index (χ0v) is 19.0. The van der Waals surface area contributed by atoms with Crippen LogP contribution in [0.2, 0.25) is 0 Å². The van der Waals surface area contributed by atoms with Crippen LogP contribution in [0.5, 0.6) is 11.6 Å². The van der Waals surface area contributed by atoms with Crippen LogP contribution in [-0.2, 0) is 11.2 Å². The fourth-order valence-corrected chi connectivity index (χ4v) is 4.26. The summed E-state index contributed by atoms with van der Waals surface area (Å²) < 4.78 is 17.0. The second kappa shape index (κ2) is 9.91. The lowest BCUT2D eigenvalue weighted by atomic mass is 9.98. The Hall–Kier alpha value is -3.94. The third-order valence-corrected chi connectivity index (χ3v) is 6.07. The Balaban J connectivity index is 1.19. The SMILES string of the molecule is COc1ccc(Cc2cnc(C3CCCN(C(=O)COc4ncnc5ccccc45)C3)o2)cc1. The monoisotopic (exact) mass is 458 g/mol. The first-order chi connectivity index (χ1) is 16.7. The van der Waals surface area contributed by atoms with Gasteiger partial charge in [0.2, 0.25) is 5.88 Å². The molecule has 1 fully saturated rings. The van der Waals surface area contributed by atoms with E-state index >= 15 is 0 Å². The molecule has 0 spiro atoms. The van der Waals surface area contributed by atoms with Gasteiger partial charge in [0.05, 0.1) is 30.1 Å². The van der Waals surface area contributed by atoms with Gasteiger partial charge in [-0.2, -0.15) is 0 Å². The van der Waals surface area contributed by atoms with Gasteiger partial charge in [-0.05, 0) is 42.7 Å². The first-order valence-electron chi connectivity index (χ1n) is 11.4. The van der Waals surface area contributed by atoms with Crippen molar-refractivity contribution in [2.75, 3.05) is 26.8 Å². The first-order valence-corrected chi connectivity index (χ1v) is 11.4. The highest BCUT2D eigenvalue weighted by molar-refractivity contribution is 5.84. The smallest absolute Gasteiger partial charge is 0.260 e. The highest BCUT2D eigenvalue weighted by Gasteiger charge is 2.28. The van der Waals surface area contributed by atoms with E-state index in [-0.39, 0.29) is 18.4 Å². The van der Waals surface area contributed by atoms with Gasteiger partial charge in [0.25, 0.3) is 5.91 Å². The fraction of sp³-hybridized carbons (Fsp3) is 0.308. The Morgan fingerprint density at radius 2 is 1.97 bits per heavy atom. The number of oxazole rings is 1. The molecule has 3 heterocycles. The van der Waals surface area contributed by atoms with Gasteiger partial charge in [-0.25, -0.2) is 15.0 Å². The van der Waals surface area contributed by atoms with E-state index in [1.165, 1.54) is 6.33 Å². The zero-order chi connectivity index (χ0) is 23.3. The van der Waals surface area contributed by atoms with E-state index in [1.54, 1.807) is 13.3 Å². The first kappa shape index (κ1) is 21.9. The lowest BCUT2D eigenvalue weighted by Crippen LogP contribution is -2.41. The van der Waals surface area contributed by atoms with Gasteiger partial charge in [0.15, 0.2) is 12.5 Å². The number of aromatic nitrogens is 3. The van der Waals surface area contributed by atoms with Gasteiger partial charge in [0, 0.05) is 19.5 Å². The zero-order valence-electron chi connectivity index (χ0n) is 19.0. The van der Waals surface area contributed by atoms with Gasteiger partial charge in [-0.1, -0.05) is 24.3 Å². The third kappa shape index (κ3) is 4.85. The molecule has 4 aromatic rings. The van der Waals surface area contributed by atoms with Gasteiger partial charge in [0.1, 0.15) is 17.8 Å². The number of carbonyl (C=O) groups excluding carboxylic acids is 1. The van der Waals surface area contributed by atoms with Gasteiger partial charge >= 0.3 is 0 Å². The molecule has 2 aromatic carbocycles. The molecule has 0 saturated carbocycles. The number of piperidine rings is 1. The van der Waals surface area contributed by atoms with E-state index in [4.69, 9.17) is 13.9 Å². The van der Waals surface area contributed by atoms with E-state index in [2.05, 4.69) is 15.0 Å². The number of nitrogens with zero attached hydrogens (tertiary/aromatic N) is 4. The third-order valence-electron chi connectivity index (χ3n) is 6.07. The molecule has 1 saturated heterocycles. The minimum atomic E-state index is -0.0718. The number of rotatable bonds is 7. The Bertz CT molecular complexity index is 1270. The Morgan fingerprint density at radius 1 is 1.12 bits per heavy atom. The lowest BCUT2D eigenvalue weighted by Gasteiger charge is -2.31. The predicted octanol–water partition coefficient (Wildman–Crippen LogP) is 4.00. The van der Waals surface area contributed by atoms with E-state index in [0.29, 0.717) is 31.3 Å². The van der Waals surface area contributed by atoms with Crippen LogP contribution in [0.4, 0.5) is 0 Å². The van der Waals surface area contributed by atoms with E-state index in [9.17, 15) is 4.79 Å². The summed E-state index contributed by atoms with van der Waals surface area (Å²) in [6, 6.07) is 15.5. The van der Waals surface area contributed by atoms with Crippen LogP contribution in [0.15, 0.2) is 65.5 Å². The maximum absolute atomic E-state index is 12.9. The van der Waals surface area contributed by atoms with Crippen LogP contribution in [-0.4, -0.2) is 52.6 Å². The van der Waals surface area contributed by atoms with E-state index in [1.807, 2.05) is 53.4 Å². The van der Waals surface area contributed by atoms with E-state index in [0.717, 1.165) is 40.8 Å². The summed E-state index contributed by atoms with van der Waals surface area (Å²) in [6.07, 6.45) is 5.72. The van der Waals surface area contributed by atoms with Crippen molar-refractivity contribution in [2.45, 2.75) is 25.2 Å². The molecule has 8 heteroatoms. The molecule has 1 aliphatic heterocycles. The summed E-state index contributed by atoms with van der Waals surface area (Å²) in [5.74, 6) is 2.74. The molecule has 0 aliphatic carbocycles. The molecule has 1 amide bonds. The molecule has 1 aliphatic rings. The number of carbonyl (C=O) groups is 1. The van der Waals surface area contributed by atoms with Crippen LogP contribution < -0.4 is 9.47 Å². The second-order valence-corrected chi connectivity index (χ2v) is 8.35. The molecule has 1 atom stereocenters. The highest BCUT2D eigenvalue weighted by Crippen LogP contribution is 2.28. The minimum Gasteiger partial charge on any atom is -0.497 e. The molecular formula is C26H26N4O4. The molecule has 34 heavy (non-hydrogen) atoms. The molecule has 0 N–H and O–H groups in total. The molecule has 5 rings (SSSR count). The molecule has 1 unspecified atom stereocenters. The molecule has 8 nitrogen and oxygen atoms in total. The number of likely N-dealkylation sites (tertiary alicyclic amines) is 1. The molecule has 0 radical (unpaired) electrons. The highest BCUT2D eigenvalue weighted by atomic mass is 16.5. The second-order valence-electron chi connectivity index (χ2n) is 8.35. The summed E-state index contributed by atoms with van der Waals surface area (Å²) in [5.41, 5.74) is 1.91. The predicted molar refractivity (Wildman–Crippen MR) is 126 cm³/mol. The number of amides is 1. The Kier molecular flexibility index (Phi) is 6.38. The van der Waals surface area contributed by atoms with Crippen molar-refractivity contribution in [2.24, 2.45) is 0 Å². The average Bonchev–Trinajstić information content (AvgIpc) is 3.36. The molecule has 174 valence electrons. The van der Waals surface area contributed by atoms with E-state index < -0.39 is 0 Å². The normalized spacial score (nSPS) is 15.9. The standard InChI is InChI=1S/C26H26N4O4/c1-32-20-10-8-18(9-11-20)13-21-14-27-25(34-21)19-5-4-12-30(15-19)24(31)16-33-26-22-6-2-3-7-23(22)28-17-29-26/h2-3,6-11,14,17,19H,4-5,12-13,15-16H2,1H3. The van der Waals surface area contributed by atoms with Gasteiger partial charge in [-0.3, -0.25) is 4.79 Å². The molecule has 2 aromatic heterocycles. The number of hydrogen-bond acceptors (Lipinski definition) is 7. The van der Waals surface area contributed by atoms with Crippen molar-refractivity contribution in [3.8, 4) is 11.6 Å². The lowest BCUT2D eigenvalue weighted by molar-refractivity contribution is -0.134. The Morgan fingerprint density at radius 3 is 2.82 bits per heavy atom. The summed E-state index contributed by atoms with van der Waals surface area (Å²) in [4.78, 5) is 27.6. The van der Waals surface area contributed by atoms with Crippen molar-refractivity contribution in [1.82, 2.24) is 19.9 Å². The number of para-hydroxylation sites is 1. The van der Waals surface area contributed by atoms with Crippen LogP contribution in [0.25, 0.3) is 10.9 Å². The number of fused-ring (bicyclic) bond motifs is 1. The van der Waals surface area contributed by atoms with Crippen LogP contribution in [0.3, 0.4) is 0 Å². The van der Waals surface area contributed by atoms with Gasteiger partial charge < -0.3 is 18.8 Å². The van der Waals surface area contributed by atoms with Crippen molar-refractivity contribution in [3.05, 3.63) is 78.3 Å². The summed E-state index contributed by atoms with van der Waals surface area (Å²) in [6.45, 7) is 1.19. The minimum absolute atomic E-state index is 0.0674. The molecular weight excluding hydrogens is 432 g/mol. The van der Waals surface area contributed by atoms with Crippen LogP contribution >= 0.6 is 0 Å². The van der Waals surface area contributed by atoms with Crippen molar-refractivity contribution in [3.63, 3.8) is 0 Å². The van der Waals surface area contributed by atoms with Crippen LogP contribution in [0.1, 0.15) is 36.0 Å². The topological polar surface area (TPSA) is 90.6 Å². The number of methoxy groups -OCH3 is 1. The maximum atomic E-state index is 12.9. The number of hydrogen-bond donors (Lipinski definition) is 0. The molecule has 0 bridgehead atoms. The van der Waals surface area contributed by atoms with Crippen LogP contribution in [0, 0.1) is 0 Å². The van der Waals surface area contributed by atoms with Crippen molar-refractivity contribution >= 4 is 16.8 Å². The van der Waals surface area contributed by atoms with Gasteiger partial charge in [-0.15, -0.1) is 0 Å². The van der Waals surface area contributed by atoms with Crippen molar-refractivity contribution in [1.29, 1.82) is 0 Å². The fourth-order valence-electron chi connectivity index (χ4n) is 4.26. The Labute approximate surface area is 197 Å². The quantitative estimate of drug-likeness (QED) is 0.413. The number of ether oxygens (including phenoxy) is 2. The summed E-state index contributed by atoms with van der Waals surface area (Å²) in [7, 11) is 1.65. The van der Waals surface area contributed by atoms with Crippen molar-refractivity contribution < 1.29 is 18.7 Å². The summed E-state index contributed by atoms with van der Waals surface area (Å²) >= 11 is 0. The maximum Gasteiger partial charge on any atom is 0.260 e. The number of benzene rings is 2. The summed E-state index contributed by atoms with van der Waals surface area (Å²) in [5, 5.41) is 0.790.